The maximum Gasteiger partial charge on any atom is 0.203 e. The standard InChI is InChI=1S/C32H20OSi3/c1-2-6-20-12-25-16-28-22(13-24(25)11-19(20)5-1)9-10-23-15-30-26(17-29(23)28)14-21-7-3-4-8-27(21)32(30)31-18-34-36-35-33-31/h1-17,31H,18H2. The molecule has 36 heavy (non-hydrogen) atoms. The maximum atomic E-state index is 6.39. The Morgan fingerprint density at radius 3 is 1.81 bits per heavy atom. The van der Waals surface area contributed by atoms with Crippen LogP contribution in [0.15, 0.2) is 103 Å². The highest BCUT2D eigenvalue weighted by Crippen LogP contribution is 2.40. The lowest BCUT2D eigenvalue weighted by Gasteiger charge is -2.25. The average Bonchev–Trinajstić information content (AvgIpc) is 2.93. The third-order valence-corrected chi connectivity index (χ3v) is 13.2. The van der Waals surface area contributed by atoms with Gasteiger partial charge in [0.2, 0.25) is 9.28 Å². The van der Waals surface area contributed by atoms with E-state index < -0.39 is 0 Å². The van der Waals surface area contributed by atoms with Gasteiger partial charge in [-0.2, -0.15) is 0 Å². The summed E-state index contributed by atoms with van der Waals surface area (Å²) >= 11 is 0. The van der Waals surface area contributed by atoms with E-state index in [2.05, 4.69) is 103 Å². The van der Waals surface area contributed by atoms with E-state index in [1.807, 2.05) is 0 Å². The van der Waals surface area contributed by atoms with Gasteiger partial charge in [-0.05, 0) is 119 Å². The van der Waals surface area contributed by atoms with Gasteiger partial charge in [0, 0.05) is 17.6 Å². The van der Waals surface area contributed by atoms with E-state index in [-0.39, 0.29) is 6.10 Å². The molecule has 1 atom stereocenters. The van der Waals surface area contributed by atoms with Gasteiger partial charge in [-0.1, -0.05) is 60.7 Å². The molecule has 0 spiro atoms. The van der Waals surface area contributed by atoms with E-state index in [1.54, 1.807) is 0 Å². The highest BCUT2D eigenvalue weighted by atomic mass is 29.5. The molecule has 0 aromatic heterocycles. The van der Waals surface area contributed by atoms with E-state index >= 15 is 0 Å². The van der Waals surface area contributed by atoms with Crippen LogP contribution in [0.5, 0.6) is 0 Å². The van der Waals surface area contributed by atoms with E-state index in [1.165, 1.54) is 70.2 Å². The van der Waals surface area contributed by atoms with Crippen molar-refractivity contribution in [2.45, 2.75) is 12.1 Å². The van der Waals surface area contributed by atoms with Crippen molar-refractivity contribution >= 4 is 91.5 Å². The Morgan fingerprint density at radius 2 is 1.06 bits per heavy atom. The summed E-state index contributed by atoms with van der Waals surface area (Å²) in [4.78, 5) is 0. The topological polar surface area (TPSA) is 9.23 Å². The number of hydrogen-bond acceptors (Lipinski definition) is 1. The first-order chi connectivity index (χ1) is 17.8. The molecule has 1 aliphatic heterocycles. The van der Waals surface area contributed by atoms with Crippen LogP contribution >= 0.6 is 0 Å². The van der Waals surface area contributed by atoms with Crippen molar-refractivity contribution in [3.63, 3.8) is 0 Å². The van der Waals surface area contributed by atoms with E-state index in [4.69, 9.17) is 4.43 Å². The van der Waals surface area contributed by atoms with E-state index in [9.17, 15) is 0 Å². The zero-order valence-electron chi connectivity index (χ0n) is 19.5. The summed E-state index contributed by atoms with van der Waals surface area (Å²) in [5, 5.41) is 15.7. The second kappa shape index (κ2) is 8.11. The molecule has 0 saturated carbocycles. The van der Waals surface area contributed by atoms with E-state index in [0.29, 0.717) is 9.28 Å². The molecular weight excluding hydrogens is 485 g/mol. The van der Waals surface area contributed by atoms with Crippen molar-refractivity contribution in [2.75, 3.05) is 0 Å². The van der Waals surface area contributed by atoms with Gasteiger partial charge in [-0.25, -0.2) is 0 Å². The zero-order valence-corrected chi connectivity index (χ0v) is 22.5. The molecule has 4 heteroatoms. The van der Waals surface area contributed by atoms with Crippen molar-refractivity contribution in [2.24, 2.45) is 0 Å². The van der Waals surface area contributed by atoms with Crippen LogP contribution in [0.4, 0.5) is 0 Å². The second-order valence-corrected chi connectivity index (χ2v) is 15.8. The maximum absolute atomic E-state index is 6.39. The molecule has 0 bridgehead atoms. The summed E-state index contributed by atoms with van der Waals surface area (Å²) in [5.74, 6) is 0. The lowest BCUT2D eigenvalue weighted by Crippen LogP contribution is -2.27. The fourth-order valence-corrected chi connectivity index (χ4v) is 10.9. The van der Waals surface area contributed by atoms with Crippen molar-refractivity contribution in [1.29, 1.82) is 0 Å². The molecule has 1 heterocycles. The van der Waals surface area contributed by atoms with Gasteiger partial charge in [0.15, 0.2) is 0 Å². The SMILES string of the molecule is c1ccc2cc3cc4c(ccc5cc6c(C7C[Si][Si][Si]O7)c7ccccc7cc6cc54)cc3cc2c1. The normalized spacial score (nSPS) is 16.6. The van der Waals surface area contributed by atoms with Crippen molar-refractivity contribution in [1.82, 2.24) is 0 Å². The van der Waals surface area contributed by atoms with Gasteiger partial charge in [-0.3, -0.25) is 0 Å². The number of rotatable bonds is 1. The Hall–Kier alpha value is -3.29. The van der Waals surface area contributed by atoms with Crippen LogP contribution in [0.2, 0.25) is 6.04 Å². The highest BCUT2D eigenvalue weighted by Gasteiger charge is 2.22. The largest absolute Gasteiger partial charge is 0.416 e. The molecular formula is C32H20OSi3. The minimum atomic E-state index is 0.201. The van der Waals surface area contributed by atoms with Crippen molar-refractivity contribution in [3.05, 3.63) is 109 Å². The van der Waals surface area contributed by atoms with Crippen LogP contribution in [-0.2, 0) is 4.43 Å². The Labute approximate surface area is 216 Å². The second-order valence-electron chi connectivity index (χ2n) is 9.71. The smallest absolute Gasteiger partial charge is 0.203 e. The Balaban J connectivity index is 1.45. The molecule has 0 N–H and O–H groups in total. The van der Waals surface area contributed by atoms with Crippen LogP contribution in [0.3, 0.4) is 0 Å². The number of fused-ring (bicyclic) bond motifs is 7. The lowest BCUT2D eigenvalue weighted by atomic mass is 9.90. The van der Waals surface area contributed by atoms with Gasteiger partial charge in [0.25, 0.3) is 0 Å². The molecule has 1 fully saturated rings. The summed E-state index contributed by atoms with van der Waals surface area (Å²) in [6.45, 7) is 0. The van der Waals surface area contributed by atoms with Gasteiger partial charge in [0.05, 0.1) is 6.10 Å². The molecule has 6 radical (unpaired) electrons. The molecule has 7 aromatic carbocycles. The van der Waals surface area contributed by atoms with Crippen LogP contribution in [0.1, 0.15) is 11.7 Å². The summed E-state index contributed by atoms with van der Waals surface area (Å²) in [6.07, 6.45) is 0.201. The third kappa shape index (κ3) is 3.22. The molecule has 1 aliphatic rings. The molecule has 0 amide bonds. The zero-order chi connectivity index (χ0) is 23.6. The summed E-state index contributed by atoms with van der Waals surface area (Å²) < 4.78 is 6.39. The van der Waals surface area contributed by atoms with Crippen LogP contribution in [-0.4, -0.2) is 26.9 Å². The van der Waals surface area contributed by atoms with Gasteiger partial charge in [-0.15, -0.1) is 0 Å². The summed E-state index contributed by atoms with van der Waals surface area (Å²) in [6, 6.07) is 39.8. The fraction of sp³-hybridized carbons (Fsp3) is 0.0625. The number of hydrogen-bond donors (Lipinski definition) is 0. The predicted octanol–water partition coefficient (Wildman–Crippen LogP) is 7.95. The monoisotopic (exact) mass is 504 g/mol. The molecule has 8 rings (SSSR count). The number of benzene rings is 7. The van der Waals surface area contributed by atoms with Gasteiger partial charge < -0.3 is 4.43 Å². The van der Waals surface area contributed by atoms with E-state index in [0.717, 1.165) is 23.6 Å². The van der Waals surface area contributed by atoms with Gasteiger partial charge >= 0.3 is 0 Å². The first-order valence-corrected chi connectivity index (χ1v) is 17.5. The Kier molecular flexibility index (Phi) is 4.70. The van der Waals surface area contributed by atoms with Crippen LogP contribution in [0.25, 0.3) is 64.6 Å². The Morgan fingerprint density at radius 1 is 0.500 bits per heavy atom. The highest BCUT2D eigenvalue weighted by molar-refractivity contribution is 7.28. The molecule has 1 saturated heterocycles. The quantitative estimate of drug-likeness (QED) is 0.125. The average molecular weight is 505 g/mol. The predicted molar refractivity (Wildman–Crippen MR) is 157 cm³/mol. The van der Waals surface area contributed by atoms with Crippen molar-refractivity contribution < 1.29 is 4.43 Å². The minimum Gasteiger partial charge on any atom is -0.416 e. The molecule has 0 aliphatic carbocycles. The first kappa shape index (κ1) is 20.9. The molecule has 7 aromatic rings. The minimum absolute atomic E-state index is 0.201. The van der Waals surface area contributed by atoms with Crippen molar-refractivity contribution in [3.8, 4) is 0 Å². The molecule has 1 unspecified atom stereocenters. The molecule has 166 valence electrons. The third-order valence-electron chi connectivity index (χ3n) is 7.63. The summed E-state index contributed by atoms with van der Waals surface area (Å²) in [7, 11) is 2.64. The van der Waals surface area contributed by atoms with Crippen LogP contribution < -0.4 is 0 Å². The first-order valence-electron chi connectivity index (χ1n) is 12.3. The Bertz CT molecular complexity index is 1990. The molecule has 1 nitrogen and oxygen atoms in total. The lowest BCUT2D eigenvalue weighted by molar-refractivity contribution is 0.248. The summed E-state index contributed by atoms with van der Waals surface area (Å²) in [5.41, 5.74) is 1.39. The fourth-order valence-electron chi connectivity index (χ4n) is 5.93. The van der Waals surface area contributed by atoms with Gasteiger partial charge in [0.1, 0.15) is 0 Å². The van der Waals surface area contributed by atoms with Crippen LogP contribution in [0, 0.1) is 0 Å².